The number of nitrogens with zero attached hydrogens (tertiary/aromatic N) is 1. The lowest BCUT2D eigenvalue weighted by Gasteiger charge is -2.45. The lowest BCUT2D eigenvalue weighted by molar-refractivity contribution is -0.00673. The molecule has 0 radical (unpaired) electrons. The maximum absolute atomic E-state index is 12.3. The second kappa shape index (κ2) is 5.95. The summed E-state index contributed by atoms with van der Waals surface area (Å²) >= 11 is 0. The highest BCUT2D eigenvalue weighted by molar-refractivity contribution is 8.14. The molecule has 1 rings (SSSR count). The number of carbonyl (C=O) groups excluding carboxylic acids is 1. The molecule has 2 unspecified atom stereocenters. The van der Waals surface area contributed by atoms with Crippen molar-refractivity contribution in [3.05, 3.63) is 0 Å². The van der Waals surface area contributed by atoms with E-state index in [-0.39, 0.29) is 11.5 Å². The number of hydrogen-bond acceptors (Lipinski definition) is 4. The molecule has 1 heterocycles. The summed E-state index contributed by atoms with van der Waals surface area (Å²) in [7, 11) is 1.89. The monoisotopic (exact) mass is 339 g/mol. The number of ether oxygens (including phenoxy) is 1. The van der Waals surface area contributed by atoms with E-state index in [2.05, 4.69) is 0 Å². The molecule has 5 nitrogen and oxygen atoms in total. The summed E-state index contributed by atoms with van der Waals surface area (Å²) in [5.74, 6) is 0. The molecule has 124 valence electrons. The fourth-order valence-corrected chi connectivity index (χ4v) is 3.83. The predicted molar refractivity (Wildman–Crippen MR) is 84.0 cm³/mol. The van der Waals surface area contributed by atoms with Gasteiger partial charge in [-0.05, 0) is 39.0 Å². The minimum atomic E-state index is -3.61. The SMILES string of the molecule is CC(C)(C)OC(=O)N1CCC(S(=O)(=O)Cl)CC1C(C)(C)C. The summed E-state index contributed by atoms with van der Waals surface area (Å²) in [4.78, 5) is 14.0. The van der Waals surface area contributed by atoms with Crippen molar-refractivity contribution in [2.24, 2.45) is 5.41 Å². The lowest BCUT2D eigenvalue weighted by atomic mass is 9.80. The number of carbonyl (C=O) groups is 1. The van der Waals surface area contributed by atoms with E-state index in [1.165, 1.54) is 0 Å². The molecular formula is C14H26ClNO4S. The molecule has 0 aromatic heterocycles. The Balaban J connectivity index is 2.98. The average Bonchev–Trinajstić information content (AvgIpc) is 2.23. The van der Waals surface area contributed by atoms with Crippen molar-refractivity contribution in [2.75, 3.05) is 6.54 Å². The molecule has 1 saturated heterocycles. The Kier molecular flexibility index (Phi) is 5.26. The zero-order chi connectivity index (χ0) is 16.6. The van der Waals surface area contributed by atoms with Crippen LogP contribution in [0.2, 0.25) is 0 Å². The van der Waals surface area contributed by atoms with Gasteiger partial charge in [0.05, 0.1) is 5.25 Å². The molecule has 0 aromatic carbocycles. The van der Waals surface area contributed by atoms with Crippen molar-refractivity contribution < 1.29 is 17.9 Å². The van der Waals surface area contributed by atoms with Gasteiger partial charge in [0.2, 0.25) is 9.05 Å². The largest absolute Gasteiger partial charge is 0.444 e. The minimum absolute atomic E-state index is 0.223. The quantitative estimate of drug-likeness (QED) is 0.687. The molecule has 0 N–H and O–H groups in total. The number of hydrogen-bond donors (Lipinski definition) is 0. The van der Waals surface area contributed by atoms with Gasteiger partial charge in [-0.3, -0.25) is 0 Å². The third kappa shape index (κ3) is 5.33. The fraction of sp³-hybridized carbons (Fsp3) is 0.929. The maximum atomic E-state index is 12.3. The van der Waals surface area contributed by atoms with Gasteiger partial charge in [0, 0.05) is 23.3 Å². The summed E-state index contributed by atoms with van der Waals surface area (Å²) in [5, 5.41) is -0.609. The molecule has 1 amide bonds. The summed E-state index contributed by atoms with van der Waals surface area (Å²) in [6, 6.07) is -0.223. The Labute approximate surface area is 132 Å². The maximum Gasteiger partial charge on any atom is 0.410 e. The summed E-state index contributed by atoms with van der Waals surface area (Å²) < 4.78 is 28.6. The van der Waals surface area contributed by atoms with E-state index in [0.29, 0.717) is 19.4 Å². The highest BCUT2D eigenvalue weighted by atomic mass is 35.7. The number of halogens is 1. The highest BCUT2D eigenvalue weighted by Gasteiger charge is 2.43. The van der Waals surface area contributed by atoms with Gasteiger partial charge in [-0.25, -0.2) is 13.2 Å². The van der Waals surface area contributed by atoms with E-state index in [1.807, 2.05) is 41.5 Å². The van der Waals surface area contributed by atoms with Crippen LogP contribution in [0.1, 0.15) is 54.4 Å². The van der Waals surface area contributed by atoms with Crippen LogP contribution in [0.4, 0.5) is 4.79 Å². The number of piperidine rings is 1. The molecule has 0 spiro atoms. The fourth-order valence-electron chi connectivity index (χ4n) is 2.55. The highest BCUT2D eigenvalue weighted by Crippen LogP contribution is 2.35. The predicted octanol–water partition coefficient (Wildman–Crippen LogP) is 3.37. The van der Waals surface area contributed by atoms with Crippen molar-refractivity contribution in [1.29, 1.82) is 0 Å². The molecule has 1 fully saturated rings. The van der Waals surface area contributed by atoms with Crippen molar-refractivity contribution in [2.45, 2.75) is 71.3 Å². The van der Waals surface area contributed by atoms with E-state index in [0.717, 1.165) is 0 Å². The molecule has 0 aromatic rings. The van der Waals surface area contributed by atoms with Crippen LogP contribution in [-0.4, -0.2) is 42.8 Å². The molecule has 1 aliphatic rings. The summed E-state index contributed by atoms with van der Waals surface area (Å²) in [5.41, 5.74) is -0.827. The van der Waals surface area contributed by atoms with Crippen LogP contribution >= 0.6 is 10.7 Å². The second-order valence-corrected chi connectivity index (χ2v) is 10.6. The first-order valence-electron chi connectivity index (χ1n) is 7.15. The van der Waals surface area contributed by atoms with Gasteiger partial charge >= 0.3 is 6.09 Å². The van der Waals surface area contributed by atoms with E-state index in [9.17, 15) is 13.2 Å². The Morgan fingerprint density at radius 1 is 1.19 bits per heavy atom. The van der Waals surface area contributed by atoms with Gasteiger partial charge in [0.1, 0.15) is 5.60 Å². The molecule has 7 heteroatoms. The Morgan fingerprint density at radius 2 is 1.71 bits per heavy atom. The summed E-state index contributed by atoms with van der Waals surface area (Å²) in [6.07, 6.45) is 0.291. The first kappa shape index (κ1) is 18.6. The topological polar surface area (TPSA) is 63.7 Å². The van der Waals surface area contributed by atoms with Gasteiger partial charge in [0.15, 0.2) is 0 Å². The Bertz CT molecular complexity index is 490. The minimum Gasteiger partial charge on any atom is -0.444 e. The van der Waals surface area contributed by atoms with E-state index >= 15 is 0 Å². The second-order valence-electron chi connectivity index (χ2n) is 7.68. The molecule has 0 bridgehead atoms. The van der Waals surface area contributed by atoms with Crippen molar-refractivity contribution in [3.63, 3.8) is 0 Å². The molecule has 0 aliphatic carbocycles. The Morgan fingerprint density at radius 3 is 2.10 bits per heavy atom. The van der Waals surface area contributed by atoms with Crippen LogP contribution < -0.4 is 0 Å². The van der Waals surface area contributed by atoms with Crippen LogP contribution in [0.3, 0.4) is 0 Å². The third-order valence-electron chi connectivity index (χ3n) is 3.58. The van der Waals surface area contributed by atoms with E-state index in [1.54, 1.807) is 4.90 Å². The van der Waals surface area contributed by atoms with Gasteiger partial charge < -0.3 is 9.64 Å². The lowest BCUT2D eigenvalue weighted by Crippen LogP contribution is -2.55. The first-order valence-corrected chi connectivity index (χ1v) is 9.52. The van der Waals surface area contributed by atoms with Crippen molar-refractivity contribution in [3.8, 4) is 0 Å². The van der Waals surface area contributed by atoms with Crippen LogP contribution in [0.25, 0.3) is 0 Å². The number of rotatable bonds is 1. The molecule has 2 atom stereocenters. The molecule has 1 aliphatic heterocycles. The molecule has 21 heavy (non-hydrogen) atoms. The van der Waals surface area contributed by atoms with E-state index < -0.39 is 26.0 Å². The third-order valence-corrected chi connectivity index (χ3v) is 5.56. The van der Waals surface area contributed by atoms with Crippen LogP contribution in [0, 0.1) is 5.41 Å². The average molecular weight is 340 g/mol. The molecular weight excluding hydrogens is 314 g/mol. The zero-order valence-corrected chi connectivity index (χ0v) is 15.2. The molecule has 0 saturated carbocycles. The summed E-state index contributed by atoms with van der Waals surface area (Å²) in [6.45, 7) is 11.7. The zero-order valence-electron chi connectivity index (χ0n) is 13.6. The van der Waals surface area contributed by atoms with Gasteiger partial charge in [-0.15, -0.1) is 0 Å². The van der Waals surface area contributed by atoms with Crippen LogP contribution in [0.5, 0.6) is 0 Å². The van der Waals surface area contributed by atoms with Crippen molar-refractivity contribution in [1.82, 2.24) is 4.90 Å². The van der Waals surface area contributed by atoms with E-state index in [4.69, 9.17) is 15.4 Å². The van der Waals surface area contributed by atoms with Crippen LogP contribution in [0.15, 0.2) is 0 Å². The number of likely N-dealkylation sites (tertiary alicyclic amines) is 1. The van der Waals surface area contributed by atoms with Crippen molar-refractivity contribution >= 4 is 25.8 Å². The first-order chi connectivity index (χ1) is 9.22. The Hall–Kier alpha value is -0.490. The van der Waals surface area contributed by atoms with Gasteiger partial charge in [-0.1, -0.05) is 20.8 Å². The standard InChI is InChI=1S/C14H26ClNO4S/c1-13(2,3)11-9-10(21(15,18)19)7-8-16(11)12(17)20-14(4,5)6/h10-11H,7-9H2,1-6H3. The smallest absolute Gasteiger partial charge is 0.410 e. The number of amides is 1. The normalized spacial score (nSPS) is 24.8. The van der Waals surface area contributed by atoms with Crippen LogP contribution in [-0.2, 0) is 13.8 Å². The van der Waals surface area contributed by atoms with Gasteiger partial charge in [0.25, 0.3) is 0 Å². The van der Waals surface area contributed by atoms with Gasteiger partial charge in [-0.2, -0.15) is 0 Å².